The second kappa shape index (κ2) is 11.4. The number of nitrogens with one attached hydrogen (secondary N) is 1. The van der Waals surface area contributed by atoms with Crippen LogP contribution in [-0.4, -0.2) is 13.7 Å². The lowest BCUT2D eigenvalue weighted by molar-refractivity contribution is 0.306. The minimum absolute atomic E-state index is 0. The Bertz CT molecular complexity index is 815. The molecule has 3 nitrogen and oxygen atoms in total. The van der Waals surface area contributed by atoms with Gasteiger partial charge in [0.2, 0.25) is 0 Å². The van der Waals surface area contributed by atoms with E-state index in [1.54, 1.807) is 7.11 Å². The van der Waals surface area contributed by atoms with Crippen LogP contribution in [0.4, 0.5) is 0 Å². The molecular weight excluding hydrogens is 370 g/mol. The molecule has 148 valence electrons. The highest BCUT2D eigenvalue weighted by Gasteiger charge is 1.99. The van der Waals surface area contributed by atoms with Crippen molar-refractivity contribution >= 4 is 12.4 Å². The van der Waals surface area contributed by atoms with Gasteiger partial charge in [-0.15, -0.1) is 12.4 Å². The Morgan fingerprint density at radius 1 is 0.714 bits per heavy atom. The van der Waals surface area contributed by atoms with Crippen LogP contribution in [0.25, 0.3) is 0 Å². The van der Waals surface area contributed by atoms with Gasteiger partial charge in [0, 0.05) is 6.54 Å². The van der Waals surface area contributed by atoms with Gasteiger partial charge < -0.3 is 14.8 Å². The maximum atomic E-state index is 5.86. The molecule has 3 rings (SSSR count). The number of rotatable bonds is 9. The Morgan fingerprint density at radius 3 is 1.93 bits per heavy atom. The highest BCUT2D eigenvalue weighted by Crippen LogP contribution is 2.15. The van der Waals surface area contributed by atoms with Crippen LogP contribution in [0, 0.1) is 6.92 Å². The lowest BCUT2D eigenvalue weighted by atomic mass is 10.1. The molecular formula is C24H28ClNO2. The summed E-state index contributed by atoms with van der Waals surface area (Å²) in [4.78, 5) is 0. The van der Waals surface area contributed by atoms with Gasteiger partial charge in [-0.1, -0.05) is 54.1 Å². The summed E-state index contributed by atoms with van der Waals surface area (Å²) in [5.41, 5.74) is 5.02. The van der Waals surface area contributed by atoms with Gasteiger partial charge in [-0.3, -0.25) is 0 Å². The highest BCUT2D eigenvalue weighted by molar-refractivity contribution is 5.85. The minimum Gasteiger partial charge on any atom is -0.497 e. The molecule has 0 aliphatic carbocycles. The first-order valence-corrected chi connectivity index (χ1v) is 9.34. The molecule has 0 unspecified atom stereocenters. The quantitative estimate of drug-likeness (QED) is 0.494. The Balaban J connectivity index is 0.00000280. The predicted octanol–water partition coefficient (Wildman–Crippen LogP) is 5.34. The van der Waals surface area contributed by atoms with Crippen LogP contribution in [0.3, 0.4) is 0 Å². The van der Waals surface area contributed by atoms with Crippen molar-refractivity contribution in [1.82, 2.24) is 5.32 Å². The molecule has 0 amide bonds. The smallest absolute Gasteiger partial charge is 0.119 e. The molecule has 0 aliphatic heterocycles. The van der Waals surface area contributed by atoms with Crippen molar-refractivity contribution in [2.75, 3.05) is 13.7 Å². The summed E-state index contributed by atoms with van der Waals surface area (Å²) in [6.45, 7) is 4.49. The Hall–Kier alpha value is -2.49. The molecule has 28 heavy (non-hydrogen) atoms. The monoisotopic (exact) mass is 397 g/mol. The normalized spacial score (nSPS) is 10.2. The molecule has 4 heteroatoms. The fraction of sp³-hybridized carbons (Fsp3) is 0.250. The van der Waals surface area contributed by atoms with Crippen molar-refractivity contribution in [1.29, 1.82) is 0 Å². The Kier molecular flexibility index (Phi) is 8.86. The van der Waals surface area contributed by atoms with Crippen LogP contribution in [-0.2, 0) is 19.6 Å². The van der Waals surface area contributed by atoms with Crippen molar-refractivity contribution in [3.8, 4) is 11.5 Å². The summed E-state index contributed by atoms with van der Waals surface area (Å²) in [7, 11) is 1.69. The number of benzene rings is 3. The van der Waals surface area contributed by atoms with Gasteiger partial charge in [0.15, 0.2) is 0 Å². The molecule has 0 aliphatic rings. The lowest BCUT2D eigenvalue weighted by Crippen LogP contribution is -2.16. The van der Waals surface area contributed by atoms with E-state index in [9.17, 15) is 0 Å². The third-order valence-electron chi connectivity index (χ3n) is 4.53. The number of aryl methyl sites for hydroxylation is 1. The Morgan fingerprint density at radius 2 is 1.29 bits per heavy atom. The first-order chi connectivity index (χ1) is 13.2. The van der Waals surface area contributed by atoms with E-state index < -0.39 is 0 Å². The third-order valence-corrected chi connectivity index (χ3v) is 4.53. The Labute approximate surface area is 174 Å². The first kappa shape index (κ1) is 21.8. The van der Waals surface area contributed by atoms with Crippen LogP contribution in [0.1, 0.15) is 22.3 Å². The molecule has 0 spiro atoms. The van der Waals surface area contributed by atoms with Gasteiger partial charge in [-0.25, -0.2) is 0 Å². The van der Waals surface area contributed by atoms with Crippen molar-refractivity contribution in [3.63, 3.8) is 0 Å². The molecule has 3 aromatic carbocycles. The van der Waals surface area contributed by atoms with Crippen molar-refractivity contribution < 1.29 is 9.47 Å². The van der Waals surface area contributed by atoms with Crippen molar-refractivity contribution in [3.05, 3.63) is 95.1 Å². The summed E-state index contributed by atoms with van der Waals surface area (Å²) in [5, 5.41) is 3.49. The second-order valence-corrected chi connectivity index (χ2v) is 6.69. The third kappa shape index (κ3) is 6.91. The second-order valence-electron chi connectivity index (χ2n) is 6.69. The minimum atomic E-state index is 0. The fourth-order valence-electron chi connectivity index (χ4n) is 2.81. The number of hydrogen-bond donors (Lipinski definition) is 1. The van der Waals surface area contributed by atoms with Crippen LogP contribution in [0.5, 0.6) is 11.5 Å². The van der Waals surface area contributed by atoms with Gasteiger partial charge in [0.05, 0.1) is 7.11 Å². The summed E-state index contributed by atoms with van der Waals surface area (Å²) in [6.07, 6.45) is 1.00. The molecule has 0 heterocycles. The zero-order valence-electron chi connectivity index (χ0n) is 16.5. The standard InChI is InChI=1S/C24H27NO2.ClH/c1-19-3-5-22(6-4-19)18-27-24-13-9-21(10-14-24)17-25-16-15-20-7-11-23(26-2)12-8-20;/h3-14,25H,15-18H2,1-2H3;1H. The molecule has 0 bridgehead atoms. The number of halogens is 1. The summed E-state index contributed by atoms with van der Waals surface area (Å²) in [5.74, 6) is 1.80. The van der Waals surface area contributed by atoms with Gasteiger partial charge in [-0.05, 0) is 60.8 Å². The summed E-state index contributed by atoms with van der Waals surface area (Å²) < 4.78 is 11.0. The predicted molar refractivity (Wildman–Crippen MR) is 118 cm³/mol. The molecule has 0 saturated heterocycles. The molecule has 3 aromatic rings. The van der Waals surface area contributed by atoms with E-state index in [1.807, 2.05) is 24.3 Å². The number of ether oxygens (including phenoxy) is 2. The topological polar surface area (TPSA) is 30.5 Å². The molecule has 1 N–H and O–H groups in total. The van der Waals surface area contributed by atoms with E-state index in [2.05, 4.69) is 60.8 Å². The zero-order valence-corrected chi connectivity index (χ0v) is 17.3. The van der Waals surface area contributed by atoms with Crippen LogP contribution in [0.2, 0.25) is 0 Å². The average Bonchev–Trinajstić information content (AvgIpc) is 2.72. The van der Waals surface area contributed by atoms with Gasteiger partial charge in [0.25, 0.3) is 0 Å². The van der Waals surface area contributed by atoms with E-state index in [-0.39, 0.29) is 12.4 Å². The van der Waals surface area contributed by atoms with E-state index >= 15 is 0 Å². The maximum Gasteiger partial charge on any atom is 0.119 e. The average molecular weight is 398 g/mol. The first-order valence-electron chi connectivity index (χ1n) is 9.34. The van der Waals surface area contributed by atoms with Crippen molar-refractivity contribution in [2.45, 2.75) is 26.5 Å². The van der Waals surface area contributed by atoms with E-state index in [0.29, 0.717) is 6.61 Å². The molecule has 0 atom stereocenters. The van der Waals surface area contributed by atoms with Crippen LogP contribution in [0.15, 0.2) is 72.8 Å². The molecule has 0 aromatic heterocycles. The highest BCUT2D eigenvalue weighted by atomic mass is 35.5. The number of hydrogen-bond acceptors (Lipinski definition) is 3. The summed E-state index contributed by atoms with van der Waals surface area (Å²) in [6, 6.07) is 25.0. The van der Waals surface area contributed by atoms with E-state index in [1.165, 1.54) is 22.3 Å². The SMILES string of the molecule is COc1ccc(CCNCc2ccc(OCc3ccc(C)cc3)cc2)cc1.Cl. The lowest BCUT2D eigenvalue weighted by Gasteiger charge is -2.09. The van der Waals surface area contributed by atoms with Crippen LogP contribution >= 0.6 is 12.4 Å². The van der Waals surface area contributed by atoms with Crippen LogP contribution < -0.4 is 14.8 Å². The molecule has 0 saturated carbocycles. The molecule has 0 radical (unpaired) electrons. The maximum absolute atomic E-state index is 5.86. The largest absolute Gasteiger partial charge is 0.497 e. The van der Waals surface area contributed by atoms with Gasteiger partial charge >= 0.3 is 0 Å². The van der Waals surface area contributed by atoms with Gasteiger partial charge in [-0.2, -0.15) is 0 Å². The zero-order chi connectivity index (χ0) is 18.9. The fourth-order valence-corrected chi connectivity index (χ4v) is 2.81. The van der Waals surface area contributed by atoms with E-state index in [4.69, 9.17) is 9.47 Å². The number of methoxy groups -OCH3 is 1. The summed E-state index contributed by atoms with van der Waals surface area (Å²) >= 11 is 0. The van der Waals surface area contributed by atoms with Crippen molar-refractivity contribution in [2.24, 2.45) is 0 Å². The molecule has 0 fully saturated rings. The van der Waals surface area contributed by atoms with Gasteiger partial charge in [0.1, 0.15) is 18.1 Å². The van der Waals surface area contributed by atoms with E-state index in [0.717, 1.165) is 31.0 Å².